The van der Waals surface area contributed by atoms with E-state index in [0.717, 1.165) is 17.0 Å². The third kappa shape index (κ3) is 3.43. The lowest BCUT2D eigenvalue weighted by atomic mass is 10.0. The zero-order valence-corrected chi connectivity index (χ0v) is 14.1. The van der Waals surface area contributed by atoms with Crippen LogP contribution in [0.2, 0.25) is 0 Å². The maximum Gasteiger partial charge on any atom is 0.273 e. The zero-order valence-electron chi connectivity index (χ0n) is 14.1. The first-order valence-corrected chi connectivity index (χ1v) is 7.94. The topological polar surface area (TPSA) is 37.8 Å². The van der Waals surface area contributed by atoms with E-state index in [2.05, 4.69) is 15.3 Å². The molecular weight excluding hydrogens is 327 g/mol. The fourth-order valence-corrected chi connectivity index (χ4v) is 2.81. The largest absolute Gasteiger partial charge is 0.363 e. The normalized spacial score (nSPS) is 13.0. The molecule has 0 aliphatic carbocycles. The molecule has 1 heterocycles. The number of benzene rings is 2. The number of nitrogens with zero attached hydrogens (tertiary/aromatic N) is 2. The second kappa shape index (κ2) is 6.35. The van der Waals surface area contributed by atoms with Gasteiger partial charge in [-0.15, -0.1) is 0 Å². The molecule has 1 aromatic heterocycles. The highest BCUT2D eigenvalue weighted by Crippen LogP contribution is 2.33. The molecule has 130 valence electrons. The average molecular weight is 345 g/mol. The van der Waals surface area contributed by atoms with Crippen LogP contribution in [-0.4, -0.2) is 9.97 Å². The number of hydrogen-bond donors (Lipinski definition) is 1. The van der Waals surface area contributed by atoms with Gasteiger partial charge in [-0.05, 0) is 26.0 Å². The average Bonchev–Trinajstić information content (AvgIpc) is 2.53. The molecule has 0 fully saturated rings. The molecule has 2 aromatic carbocycles. The van der Waals surface area contributed by atoms with Gasteiger partial charge in [0.05, 0.1) is 17.1 Å². The molecule has 0 aliphatic rings. The molecule has 0 saturated heterocycles. The maximum atomic E-state index is 14.6. The summed E-state index contributed by atoms with van der Waals surface area (Å²) < 4.78 is 41.7. The molecule has 0 bridgehead atoms. The minimum atomic E-state index is -3.24. The third-order valence-corrected chi connectivity index (χ3v) is 4.04. The van der Waals surface area contributed by atoms with E-state index in [9.17, 15) is 13.2 Å². The Labute approximate surface area is 143 Å². The quantitative estimate of drug-likeness (QED) is 0.691. The Balaban J connectivity index is 2.00. The molecule has 1 atom stereocenters. The number of aromatic nitrogens is 2. The van der Waals surface area contributed by atoms with Gasteiger partial charge in [0.25, 0.3) is 5.92 Å². The second-order valence-electron chi connectivity index (χ2n) is 6.10. The number of aryl methyl sites for hydroxylation is 1. The van der Waals surface area contributed by atoms with Gasteiger partial charge in [-0.3, -0.25) is 0 Å². The van der Waals surface area contributed by atoms with Crippen molar-refractivity contribution < 1.29 is 13.2 Å². The van der Waals surface area contributed by atoms with Crippen LogP contribution in [0.15, 0.2) is 42.5 Å². The monoisotopic (exact) mass is 345 g/mol. The Kier molecular flexibility index (Phi) is 4.37. The van der Waals surface area contributed by atoms with Crippen LogP contribution < -0.4 is 5.32 Å². The molecule has 6 heteroatoms. The van der Waals surface area contributed by atoms with E-state index in [1.807, 2.05) is 24.3 Å². The standard InChI is InChI=1S/C19H18F3N3/c1-11(13-8-6-9-15(17(13)20)19(3,21)22)23-18-14-7-4-5-10-16(14)24-12(2)25-18/h4-11H,1-3H3,(H,23,24,25). The fraction of sp³-hybridized carbons (Fsp3) is 0.263. The summed E-state index contributed by atoms with van der Waals surface area (Å²) >= 11 is 0. The van der Waals surface area contributed by atoms with Gasteiger partial charge in [-0.2, -0.15) is 0 Å². The van der Waals surface area contributed by atoms with Crippen molar-refractivity contribution in [2.45, 2.75) is 32.7 Å². The summed E-state index contributed by atoms with van der Waals surface area (Å²) in [4.78, 5) is 8.73. The molecule has 0 amide bonds. The molecule has 0 aliphatic heterocycles. The van der Waals surface area contributed by atoms with Crippen LogP contribution in [0.25, 0.3) is 10.9 Å². The molecule has 3 nitrogen and oxygen atoms in total. The number of para-hydroxylation sites is 1. The number of halogens is 3. The lowest BCUT2D eigenvalue weighted by Gasteiger charge is -2.20. The zero-order chi connectivity index (χ0) is 18.2. The molecular formula is C19H18F3N3. The van der Waals surface area contributed by atoms with Crippen LogP contribution in [0.4, 0.5) is 19.0 Å². The first-order chi connectivity index (χ1) is 11.8. The SMILES string of the molecule is Cc1nc(NC(C)c2cccc(C(C)(F)F)c2F)c2ccccc2n1. The van der Waals surface area contributed by atoms with E-state index < -0.39 is 23.3 Å². The van der Waals surface area contributed by atoms with Crippen LogP contribution >= 0.6 is 0 Å². The lowest BCUT2D eigenvalue weighted by molar-refractivity contribution is 0.0136. The predicted molar refractivity (Wildman–Crippen MR) is 92.3 cm³/mol. The highest BCUT2D eigenvalue weighted by atomic mass is 19.3. The molecule has 1 unspecified atom stereocenters. The molecule has 25 heavy (non-hydrogen) atoms. The molecule has 0 radical (unpaired) electrons. The van der Waals surface area contributed by atoms with E-state index in [1.165, 1.54) is 12.1 Å². The van der Waals surface area contributed by atoms with Crippen LogP contribution in [0.3, 0.4) is 0 Å². The number of fused-ring (bicyclic) bond motifs is 1. The Hall–Kier alpha value is -2.63. The van der Waals surface area contributed by atoms with E-state index in [4.69, 9.17) is 0 Å². The van der Waals surface area contributed by atoms with Gasteiger partial charge in [0, 0.05) is 17.9 Å². The molecule has 3 rings (SSSR count). The van der Waals surface area contributed by atoms with Gasteiger partial charge >= 0.3 is 0 Å². The number of rotatable bonds is 4. The van der Waals surface area contributed by atoms with Gasteiger partial charge in [0.15, 0.2) is 0 Å². The number of nitrogens with one attached hydrogen (secondary N) is 1. The highest BCUT2D eigenvalue weighted by Gasteiger charge is 2.30. The van der Waals surface area contributed by atoms with Gasteiger partial charge in [0.2, 0.25) is 0 Å². The number of alkyl halides is 2. The van der Waals surface area contributed by atoms with Crippen molar-refractivity contribution >= 4 is 16.7 Å². The summed E-state index contributed by atoms with van der Waals surface area (Å²) in [5.41, 5.74) is 0.320. The Bertz CT molecular complexity index is 919. The summed E-state index contributed by atoms with van der Waals surface area (Å²) in [5, 5.41) is 3.91. The summed E-state index contributed by atoms with van der Waals surface area (Å²) in [6.45, 7) is 4.16. The van der Waals surface area contributed by atoms with Crippen molar-refractivity contribution in [2.24, 2.45) is 0 Å². The van der Waals surface area contributed by atoms with E-state index in [-0.39, 0.29) is 5.56 Å². The maximum absolute atomic E-state index is 14.6. The van der Waals surface area contributed by atoms with Crippen molar-refractivity contribution in [3.8, 4) is 0 Å². The van der Waals surface area contributed by atoms with Gasteiger partial charge < -0.3 is 5.32 Å². The van der Waals surface area contributed by atoms with Crippen molar-refractivity contribution in [2.75, 3.05) is 5.32 Å². The van der Waals surface area contributed by atoms with Crippen LogP contribution in [0.5, 0.6) is 0 Å². The van der Waals surface area contributed by atoms with E-state index in [1.54, 1.807) is 13.8 Å². The minimum Gasteiger partial charge on any atom is -0.363 e. The molecule has 3 aromatic rings. The smallest absolute Gasteiger partial charge is 0.273 e. The van der Waals surface area contributed by atoms with Gasteiger partial charge in [-0.1, -0.05) is 30.3 Å². The molecule has 1 N–H and O–H groups in total. The van der Waals surface area contributed by atoms with E-state index >= 15 is 0 Å². The number of hydrogen-bond acceptors (Lipinski definition) is 3. The summed E-state index contributed by atoms with van der Waals surface area (Å²) in [6.07, 6.45) is 0. The highest BCUT2D eigenvalue weighted by molar-refractivity contribution is 5.89. The first kappa shape index (κ1) is 17.2. The van der Waals surface area contributed by atoms with E-state index in [0.29, 0.717) is 18.6 Å². The molecule has 0 saturated carbocycles. The Morgan fingerprint density at radius 1 is 1.04 bits per heavy atom. The third-order valence-electron chi connectivity index (χ3n) is 4.04. The van der Waals surface area contributed by atoms with Gasteiger partial charge in [-0.25, -0.2) is 23.1 Å². The van der Waals surface area contributed by atoms with Crippen LogP contribution in [0.1, 0.15) is 36.8 Å². The van der Waals surface area contributed by atoms with Crippen molar-refractivity contribution in [3.63, 3.8) is 0 Å². The summed E-state index contributed by atoms with van der Waals surface area (Å²) in [5.74, 6) is -3.02. The first-order valence-electron chi connectivity index (χ1n) is 7.94. The second-order valence-corrected chi connectivity index (χ2v) is 6.10. The van der Waals surface area contributed by atoms with Crippen LogP contribution in [-0.2, 0) is 5.92 Å². The Morgan fingerprint density at radius 3 is 2.48 bits per heavy atom. The lowest BCUT2D eigenvalue weighted by Crippen LogP contribution is -2.16. The molecule has 0 spiro atoms. The number of anilines is 1. The summed E-state index contributed by atoms with van der Waals surface area (Å²) in [6, 6.07) is 10.9. The van der Waals surface area contributed by atoms with Gasteiger partial charge in [0.1, 0.15) is 17.5 Å². The predicted octanol–water partition coefficient (Wildman–Crippen LogP) is 5.36. The van der Waals surface area contributed by atoms with Crippen molar-refractivity contribution in [1.29, 1.82) is 0 Å². The Morgan fingerprint density at radius 2 is 1.76 bits per heavy atom. The fourth-order valence-electron chi connectivity index (χ4n) is 2.81. The summed E-state index contributed by atoms with van der Waals surface area (Å²) in [7, 11) is 0. The minimum absolute atomic E-state index is 0.166. The van der Waals surface area contributed by atoms with Crippen molar-refractivity contribution in [3.05, 3.63) is 65.2 Å². The van der Waals surface area contributed by atoms with Crippen LogP contribution in [0, 0.1) is 12.7 Å². The van der Waals surface area contributed by atoms with Crippen molar-refractivity contribution in [1.82, 2.24) is 9.97 Å².